The Labute approximate surface area is 130 Å². The third kappa shape index (κ3) is 3.65. The lowest BCUT2D eigenvalue weighted by Gasteiger charge is -2.01. The van der Waals surface area contributed by atoms with E-state index >= 15 is 0 Å². The fourth-order valence-electron chi connectivity index (χ4n) is 1.65. The van der Waals surface area contributed by atoms with Crippen LogP contribution in [0.1, 0.15) is 21.5 Å². The Kier molecular flexibility index (Phi) is 4.88. The molecule has 0 unspecified atom stereocenters. The summed E-state index contributed by atoms with van der Waals surface area (Å²) < 4.78 is 0.906. The normalized spacial score (nSPS) is 11.2. The Balaban J connectivity index is 2.23. The maximum Gasteiger partial charge on any atom is 0.225 e. The molecule has 0 saturated carbocycles. The number of hydrogen-bond donors (Lipinski definition) is 0. The van der Waals surface area contributed by atoms with E-state index in [0.717, 1.165) is 15.6 Å². The first-order valence-corrected chi connectivity index (χ1v) is 7.00. The summed E-state index contributed by atoms with van der Waals surface area (Å²) in [6, 6.07) is 14.3. The van der Waals surface area contributed by atoms with Crippen molar-refractivity contribution in [3.8, 4) is 0 Å². The molecule has 0 radical (unpaired) electrons. The summed E-state index contributed by atoms with van der Waals surface area (Å²) in [7, 11) is 0. The second-order valence-electron chi connectivity index (χ2n) is 4.10. The van der Waals surface area contributed by atoms with Gasteiger partial charge in [-0.25, -0.2) is 0 Å². The van der Waals surface area contributed by atoms with Gasteiger partial charge in [-0.1, -0.05) is 63.9 Å². The van der Waals surface area contributed by atoms with E-state index in [0.29, 0.717) is 16.9 Å². The Hall–Kier alpha value is -1.71. The lowest BCUT2D eigenvalue weighted by atomic mass is 10.1. The zero-order valence-corrected chi connectivity index (χ0v) is 12.7. The molecule has 0 spiro atoms. The van der Waals surface area contributed by atoms with Crippen molar-refractivity contribution < 1.29 is 9.59 Å². The van der Waals surface area contributed by atoms with Crippen LogP contribution in [-0.2, 0) is 4.79 Å². The van der Waals surface area contributed by atoms with Gasteiger partial charge in [0.2, 0.25) is 5.78 Å². The first kappa shape index (κ1) is 14.7. The summed E-state index contributed by atoms with van der Waals surface area (Å²) in [5.74, 6) is -0.516. The molecule has 0 aromatic heterocycles. The number of carbonyl (C=O) groups excluding carboxylic acids is 2. The summed E-state index contributed by atoms with van der Waals surface area (Å²) in [5, 5.41) is 0.686. The minimum atomic E-state index is -0.516. The van der Waals surface area contributed by atoms with E-state index < -0.39 is 5.78 Å². The van der Waals surface area contributed by atoms with Crippen LogP contribution in [0.3, 0.4) is 0 Å². The van der Waals surface area contributed by atoms with Crippen LogP contribution in [-0.4, -0.2) is 12.1 Å². The highest BCUT2D eigenvalue weighted by molar-refractivity contribution is 9.15. The molecule has 0 fully saturated rings. The highest BCUT2D eigenvalue weighted by atomic mass is 79.9. The van der Waals surface area contributed by atoms with Crippen LogP contribution in [0.4, 0.5) is 0 Å². The summed E-state index contributed by atoms with van der Waals surface area (Å²) in [5.41, 5.74) is 2.32. The first-order valence-electron chi connectivity index (χ1n) is 5.83. The maximum absolute atomic E-state index is 11.2. The predicted molar refractivity (Wildman–Crippen MR) is 85.1 cm³/mol. The highest BCUT2D eigenvalue weighted by Gasteiger charge is 2.03. The van der Waals surface area contributed by atoms with Gasteiger partial charge >= 0.3 is 0 Å². The van der Waals surface area contributed by atoms with E-state index in [2.05, 4.69) is 15.9 Å². The molecular formula is C16H10BrClO2. The molecule has 0 aliphatic rings. The van der Waals surface area contributed by atoms with Crippen molar-refractivity contribution in [3.05, 3.63) is 70.2 Å². The van der Waals surface area contributed by atoms with Crippen LogP contribution in [0, 0.1) is 0 Å². The molecule has 0 atom stereocenters. The van der Waals surface area contributed by atoms with E-state index in [4.69, 9.17) is 11.6 Å². The Morgan fingerprint density at radius 2 is 1.50 bits per heavy atom. The molecule has 20 heavy (non-hydrogen) atoms. The smallest absolute Gasteiger partial charge is 0.225 e. The standard InChI is InChI=1S/C16H10BrClO2/c17-15(12-5-7-14(18)8-6-12)9-11-1-3-13(4-2-11)16(20)10-19/h1-10H. The quantitative estimate of drug-likeness (QED) is 0.349. The van der Waals surface area contributed by atoms with Gasteiger partial charge in [0, 0.05) is 15.1 Å². The molecule has 2 aromatic carbocycles. The Bertz CT molecular complexity index is 658. The van der Waals surface area contributed by atoms with Crippen LogP contribution in [0.2, 0.25) is 5.02 Å². The van der Waals surface area contributed by atoms with Crippen LogP contribution in [0.15, 0.2) is 48.5 Å². The van der Waals surface area contributed by atoms with Gasteiger partial charge in [0.15, 0.2) is 6.29 Å². The van der Waals surface area contributed by atoms with Crippen molar-refractivity contribution in [1.82, 2.24) is 0 Å². The minimum Gasteiger partial charge on any atom is -0.294 e. The van der Waals surface area contributed by atoms with E-state index in [1.165, 1.54) is 0 Å². The Morgan fingerprint density at radius 3 is 2.05 bits per heavy atom. The van der Waals surface area contributed by atoms with Crippen LogP contribution >= 0.6 is 27.5 Å². The van der Waals surface area contributed by atoms with Gasteiger partial charge in [-0.2, -0.15) is 0 Å². The predicted octanol–water partition coefficient (Wildman–Crippen LogP) is 4.61. The number of hydrogen-bond acceptors (Lipinski definition) is 2. The lowest BCUT2D eigenvalue weighted by molar-refractivity contribution is -0.104. The molecule has 4 heteroatoms. The van der Waals surface area contributed by atoms with Gasteiger partial charge in [-0.15, -0.1) is 0 Å². The summed E-state index contributed by atoms with van der Waals surface area (Å²) in [6.45, 7) is 0. The van der Waals surface area contributed by atoms with E-state index in [9.17, 15) is 9.59 Å². The van der Waals surface area contributed by atoms with Crippen molar-refractivity contribution in [2.75, 3.05) is 0 Å². The molecule has 100 valence electrons. The molecule has 0 aliphatic carbocycles. The minimum absolute atomic E-state index is 0.314. The zero-order valence-electron chi connectivity index (χ0n) is 10.3. The lowest BCUT2D eigenvalue weighted by Crippen LogP contribution is -1.98. The van der Waals surface area contributed by atoms with Crippen molar-refractivity contribution in [2.24, 2.45) is 0 Å². The number of Topliss-reactive ketones (excluding diaryl/α,β-unsaturated/α-hetero) is 1. The fraction of sp³-hybridized carbons (Fsp3) is 0. The molecule has 0 bridgehead atoms. The largest absolute Gasteiger partial charge is 0.294 e. The van der Waals surface area contributed by atoms with Crippen molar-refractivity contribution >= 4 is 50.2 Å². The molecule has 0 amide bonds. The van der Waals surface area contributed by atoms with Crippen LogP contribution < -0.4 is 0 Å². The molecule has 0 saturated heterocycles. The average Bonchev–Trinajstić information content (AvgIpc) is 2.48. The number of aldehydes is 1. The monoisotopic (exact) mass is 348 g/mol. The molecule has 2 nitrogen and oxygen atoms in total. The van der Waals surface area contributed by atoms with Gasteiger partial charge in [-0.3, -0.25) is 9.59 Å². The van der Waals surface area contributed by atoms with Gasteiger partial charge in [0.1, 0.15) is 0 Å². The second-order valence-corrected chi connectivity index (χ2v) is 5.39. The summed E-state index contributed by atoms with van der Waals surface area (Å²) >= 11 is 9.35. The SMILES string of the molecule is O=CC(=O)c1ccc(C=C(Br)c2ccc(Cl)cc2)cc1. The molecule has 2 rings (SSSR count). The van der Waals surface area contributed by atoms with E-state index in [1.54, 1.807) is 24.3 Å². The number of rotatable bonds is 4. The maximum atomic E-state index is 11.2. The van der Waals surface area contributed by atoms with Gasteiger partial charge < -0.3 is 0 Å². The number of benzene rings is 2. The topological polar surface area (TPSA) is 34.1 Å². The van der Waals surface area contributed by atoms with Gasteiger partial charge in [0.05, 0.1) is 0 Å². The summed E-state index contributed by atoms with van der Waals surface area (Å²) in [4.78, 5) is 21.6. The van der Waals surface area contributed by atoms with Crippen LogP contribution in [0.25, 0.3) is 10.6 Å². The first-order chi connectivity index (χ1) is 9.60. The highest BCUT2D eigenvalue weighted by Crippen LogP contribution is 2.25. The van der Waals surface area contributed by atoms with Crippen molar-refractivity contribution in [2.45, 2.75) is 0 Å². The summed E-state index contributed by atoms with van der Waals surface area (Å²) in [6.07, 6.45) is 2.24. The van der Waals surface area contributed by atoms with Gasteiger partial charge in [-0.05, 0) is 29.3 Å². The molecule has 0 heterocycles. The third-order valence-corrected chi connectivity index (χ3v) is 3.65. The van der Waals surface area contributed by atoms with Crippen molar-refractivity contribution in [1.29, 1.82) is 0 Å². The van der Waals surface area contributed by atoms with E-state index in [-0.39, 0.29) is 0 Å². The number of halogens is 2. The average molecular weight is 350 g/mol. The van der Waals surface area contributed by atoms with Gasteiger partial charge in [0.25, 0.3) is 0 Å². The molecule has 0 aliphatic heterocycles. The molecule has 0 N–H and O–H groups in total. The number of ketones is 1. The zero-order chi connectivity index (χ0) is 14.5. The Morgan fingerprint density at radius 1 is 0.950 bits per heavy atom. The van der Waals surface area contributed by atoms with Crippen LogP contribution in [0.5, 0.6) is 0 Å². The number of carbonyl (C=O) groups is 2. The second kappa shape index (κ2) is 6.64. The third-order valence-electron chi connectivity index (χ3n) is 2.72. The molecule has 2 aromatic rings. The van der Waals surface area contributed by atoms with Crippen molar-refractivity contribution in [3.63, 3.8) is 0 Å². The van der Waals surface area contributed by atoms with E-state index in [1.807, 2.05) is 30.3 Å². The fourth-order valence-corrected chi connectivity index (χ4v) is 2.31. The molecular weight excluding hydrogens is 340 g/mol.